The van der Waals surface area contributed by atoms with E-state index in [2.05, 4.69) is 17.0 Å². The number of aromatic nitrogens is 3. The van der Waals surface area contributed by atoms with Crippen LogP contribution in [-0.2, 0) is 6.54 Å². The van der Waals surface area contributed by atoms with Gasteiger partial charge in [-0.1, -0.05) is 13.3 Å². The maximum absolute atomic E-state index is 5.68. The highest BCUT2D eigenvalue weighted by molar-refractivity contribution is 5.32. The molecule has 0 aliphatic carbocycles. The van der Waals surface area contributed by atoms with Crippen molar-refractivity contribution in [1.29, 1.82) is 0 Å². The molecule has 0 bridgehead atoms. The predicted molar refractivity (Wildman–Crippen MR) is 53.7 cm³/mol. The van der Waals surface area contributed by atoms with Crippen LogP contribution in [0.4, 0.5) is 11.9 Å². The van der Waals surface area contributed by atoms with Crippen LogP contribution in [0.15, 0.2) is 0 Å². The van der Waals surface area contributed by atoms with Crippen molar-refractivity contribution in [2.75, 3.05) is 24.7 Å². The summed E-state index contributed by atoms with van der Waals surface area (Å²) in [7, 11) is 3.80. The van der Waals surface area contributed by atoms with Crippen molar-refractivity contribution in [3.63, 3.8) is 0 Å². The molecule has 0 aliphatic rings. The molecule has 13 heavy (non-hydrogen) atoms. The molecule has 0 amide bonds. The Balaban J connectivity index is 2.71. The quantitative estimate of drug-likeness (QED) is 0.747. The Hall–Kier alpha value is -1.26. The van der Waals surface area contributed by atoms with Gasteiger partial charge in [-0.25, -0.2) is 4.68 Å². The number of nitrogen functional groups attached to an aromatic ring is 1. The van der Waals surface area contributed by atoms with Crippen molar-refractivity contribution in [2.24, 2.45) is 0 Å². The zero-order chi connectivity index (χ0) is 9.84. The highest BCUT2D eigenvalue weighted by Crippen LogP contribution is 2.08. The highest BCUT2D eigenvalue weighted by atomic mass is 15.4. The molecule has 1 aromatic rings. The monoisotopic (exact) mass is 183 g/mol. The van der Waals surface area contributed by atoms with Gasteiger partial charge in [-0.15, -0.1) is 5.10 Å². The summed E-state index contributed by atoms with van der Waals surface area (Å²) in [5.74, 6) is 1.17. The van der Waals surface area contributed by atoms with Crippen molar-refractivity contribution in [2.45, 2.75) is 26.3 Å². The largest absolute Gasteiger partial charge is 0.368 e. The van der Waals surface area contributed by atoms with Crippen LogP contribution < -0.4 is 10.6 Å². The first-order chi connectivity index (χ1) is 6.15. The van der Waals surface area contributed by atoms with Crippen molar-refractivity contribution in [1.82, 2.24) is 14.8 Å². The van der Waals surface area contributed by atoms with Crippen LogP contribution in [0.2, 0.25) is 0 Å². The first-order valence-electron chi connectivity index (χ1n) is 4.52. The average Bonchev–Trinajstić information content (AvgIpc) is 2.44. The molecule has 1 heterocycles. The molecule has 1 rings (SSSR count). The summed E-state index contributed by atoms with van der Waals surface area (Å²) in [6, 6.07) is 0. The molecular formula is C8H17N5. The van der Waals surface area contributed by atoms with Gasteiger partial charge in [0.1, 0.15) is 0 Å². The standard InChI is InChI=1S/C8H17N5/c1-4-5-6-13-7(9)10-8(11-13)12(2)3/h4-6H2,1-3H3,(H2,9,10,11). The fourth-order valence-corrected chi connectivity index (χ4v) is 1.00. The second-order valence-electron chi connectivity index (χ2n) is 3.24. The molecule has 0 aromatic carbocycles. The van der Waals surface area contributed by atoms with E-state index in [9.17, 15) is 0 Å². The fourth-order valence-electron chi connectivity index (χ4n) is 1.00. The zero-order valence-corrected chi connectivity index (χ0v) is 8.49. The Morgan fingerprint density at radius 3 is 2.62 bits per heavy atom. The smallest absolute Gasteiger partial charge is 0.246 e. The van der Waals surface area contributed by atoms with E-state index in [0.29, 0.717) is 11.9 Å². The summed E-state index contributed by atoms with van der Waals surface area (Å²) >= 11 is 0. The van der Waals surface area contributed by atoms with E-state index in [1.165, 1.54) is 0 Å². The highest BCUT2D eigenvalue weighted by Gasteiger charge is 2.06. The van der Waals surface area contributed by atoms with E-state index in [1.54, 1.807) is 4.68 Å². The summed E-state index contributed by atoms with van der Waals surface area (Å²) in [5, 5.41) is 4.25. The molecule has 0 atom stereocenters. The van der Waals surface area contributed by atoms with E-state index in [-0.39, 0.29) is 0 Å². The number of nitrogens with two attached hydrogens (primary N) is 1. The lowest BCUT2D eigenvalue weighted by Crippen LogP contribution is -2.11. The maximum Gasteiger partial charge on any atom is 0.246 e. The van der Waals surface area contributed by atoms with E-state index < -0.39 is 0 Å². The molecule has 0 saturated heterocycles. The van der Waals surface area contributed by atoms with Crippen LogP contribution in [0.5, 0.6) is 0 Å². The summed E-state index contributed by atoms with van der Waals surface area (Å²) in [4.78, 5) is 5.96. The Morgan fingerprint density at radius 1 is 1.46 bits per heavy atom. The van der Waals surface area contributed by atoms with Gasteiger partial charge in [-0.2, -0.15) is 4.98 Å². The van der Waals surface area contributed by atoms with Crippen molar-refractivity contribution >= 4 is 11.9 Å². The molecule has 0 spiro atoms. The number of anilines is 2. The van der Waals surface area contributed by atoms with Crippen LogP contribution >= 0.6 is 0 Å². The number of aryl methyl sites for hydroxylation is 1. The van der Waals surface area contributed by atoms with Gasteiger partial charge >= 0.3 is 0 Å². The summed E-state index contributed by atoms with van der Waals surface area (Å²) in [6.45, 7) is 2.99. The van der Waals surface area contributed by atoms with Crippen molar-refractivity contribution < 1.29 is 0 Å². The van der Waals surface area contributed by atoms with E-state index >= 15 is 0 Å². The number of nitrogens with zero attached hydrogens (tertiary/aromatic N) is 4. The van der Waals surface area contributed by atoms with Crippen molar-refractivity contribution in [3.8, 4) is 0 Å². The lowest BCUT2D eigenvalue weighted by Gasteiger charge is -2.04. The van der Waals surface area contributed by atoms with Crippen LogP contribution in [0, 0.1) is 0 Å². The lowest BCUT2D eigenvalue weighted by atomic mass is 10.3. The topological polar surface area (TPSA) is 60.0 Å². The second-order valence-corrected chi connectivity index (χ2v) is 3.24. The van der Waals surface area contributed by atoms with Gasteiger partial charge in [0.25, 0.3) is 0 Å². The third kappa shape index (κ3) is 2.34. The van der Waals surface area contributed by atoms with Crippen LogP contribution in [-0.4, -0.2) is 28.9 Å². The van der Waals surface area contributed by atoms with Crippen molar-refractivity contribution in [3.05, 3.63) is 0 Å². The summed E-state index contributed by atoms with van der Waals surface area (Å²) < 4.78 is 1.75. The molecular weight excluding hydrogens is 166 g/mol. The SMILES string of the molecule is CCCCn1nc(N(C)C)nc1N. The van der Waals surface area contributed by atoms with E-state index in [4.69, 9.17) is 5.73 Å². The second kappa shape index (κ2) is 4.11. The minimum absolute atomic E-state index is 0.497. The molecule has 2 N–H and O–H groups in total. The van der Waals surface area contributed by atoms with Crippen LogP contribution in [0.1, 0.15) is 19.8 Å². The van der Waals surface area contributed by atoms with Gasteiger partial charge in [0.05, 0.1) is 0 Å². The Morgan fingerprint density at radius 2 is 2.15 bits per heavy atom. The van der Waals surface area contributed by atoms with Gasteiger partial charge in [-0.05, 0) is 6.42 Å². The summed E-state index contributed by atoms with van der Waals surface area (Å²) in [5.41, 5.74) is 5.68. The van der Waals surface area contributed by atoms with Gasteiger partial charge in [0, 0.05) is 20.6 Å². The Labute approximate surface area is 78.5 Å². The zero-order valence-electron chi connectivity index (χ0n) is 8.49. The Kier molecular flexibility index (Phi) is 3.11. The molecule has 0 unspecified atom stereocenters. The maximum atomic E-state index is 5.68. The number of hydrogen-bond acceptors (Lipinski definition) is 4. The third-order valence-electron chi connectivity index (χ3n) is 1.81. The molecule has 0 fully saturated rings. The number of rotatable bonds is 4. The minimum Gasteiger partial charge on any atom is -0.368 e. The van der Waals surface area contributed by atoms with Crippen LogP contribution in [0.3, 0.4) is 0 Å². The number of unbranched alkanes of at least 4 members (excludes halogenated alkanes) is 1. The molecule has 5 heteroatoms. The van der Waals surface area contributed by atoms with E-state index in [1.807, 2.05) is 19.0 Å². The molecule has 0 saturated carbocycles. The third-order valence-corrected chi connectivity index (χ3v) is 1.81. The minimum atomic E-state index is 0.497. The normalized spacial score (nSPS) is 10.4. The lowest BCUT2D eigenvalue weighted by molar-refractivity contribution is 0.578. The molecule has 0 aliphatic heterocycles. The molecule has 5 nitrogen and oxygen atoms in total. The van der Waals surface area contributed by atoms with Gasteiger partial charge in [0.2, 0.25) is 11.9 Å². The average molecular weight is 183 g/mol. The first kappa shape index (κ1) is 9.83. The first-order valence-corrected chi connectivity index (χ1v) is 4.52. The number of hydrogen-bond donors (Lipinski definition) is 1. The molecule has 74 valence electrons. The Bertz CT molecular complexity index is 265. The summed E-state index contributed by atoms with van der Waals surface area (Å²) in [6.07, 6.45) is 2.22. The van der Waals surface area contributed by atoms with Gasteiger partial charge in [-0.3, -0.25) is 0 Å². The van der Waals surface area contributed by atoms with Crippen LogP contribution in [0.25, 0.3) is 0 Å². The van der Waals surface area contributed by atoms with Gasteiger partial charge in [0.15, 0.2) is 0 Å². The molecule has 0 radical (unpaired) electrons. The van der Waals surface area contributed by atoms with Gasteiger partial charge < -0.3 is 10.6 Å². The predicted octanol–water partition coefficient (Wildman–Crippen LogP) is 0.726. The fraction of sp³-hybridized carbons (Fsp3) is 0.750. The molecule has 1 aromatic heterocycles. The van der Waals surface area contributed by atoms with E-state index in [0.717, 1.165) is 19.4 Å².